The average Bonchev–Trinajstić information content (AvgIpc) is 2.63. The number of aromatic nitrogens is 2. The Morgan fingerprint density at radius 3 is 2.08 bits per heavy atom. The minimum Gasteiger partial charge on any atom is -0.486 e. The largest absolute Gasteiger partial charge is 0.486 e. The number of anilines is 4. The van der Waals surface area contributed by atoms with Crippen LogP contribution in [0.15, 0.2) is 48.5 Å². The molecule has 2 N–H and O–H groups in total. The second-order valence-electron chi connectivity index (χ2n) is 6.16. The van der Waals surface area contributed by atoms with Crippen molar-refractivity contribution in [2.45, 2.75) is 13.8 Å². The zero-order valence-electron chi connectivity index (χ0n) is 14.7. The third-order valence-corrected chi connectivity index (χ3v) is 3.98. The van der Waals surface area contributed by atoms with Gasteiger partial charge in [0.1, 0.15) is 30.7 Å². The van der Waals surface area contributed by atoms with Crippen molar-refractivity contribution in [3.63, 3.8) is 0 Å². The van der Waals surface area contributed by atoms with Gasteiger partial charge in [-0.2, -0.15) is 0 Å². The van der Waals surface area contributed by atoms with Crippen LogP contribution in [0.2, 0.25) is 0 Å². The summed E-state index contributed by atoms with van der Waals surface area (Å²) in [4.78, 5) is 8.92. The number of nitrogens with one attached hydrogen (secondary N) is 2. The van der Waals surface area contributed by atoms with Crippen molar-refractivity contribution in [3.8, 4) is 11.5 Å². The van der Waals surface area contributed by atoms with Crippen molar-refractivity contribution in [3.05, 3.63) is 59.9 Å². The van der Waals surface area contributed by atoms with Gasteiger partial charge in [0.15, 0.2) is 11.5 Å². The lowest BCUT2D eigenvalue weighted by atomic mass is 10.2. The molecular weight excluding hydrogens is 328 g/mol. The molecule has 0 saturated heterocycles. The van der Waals surface area contributed by atoms with Crippen molar-refractivity contribution >= 4 is 23.0 Å². The van der Waals surface area contributed by atoms with E-state index in [1.807, 2.05) is 43.3 Å². The minimum atomic E-state index is 0.563. The molecule has 3 aromatic rings. The fourth-order valence-electron chi connectivity index (χ4n) is 2.75. The van der Waals surface area contributed by atoms with E-state index < -0.39 is 0 Å². The van der Waals surface area contributed by atoms with Crippen molar-refractivity contribution < 1.29 is 9.47 Å². The van der Waals surface area contributed by atoms with Crippen LogP contribution in [0.4, 0.5) is 23.0 Å². The van der Waals surface area contributed by atoms with Crippen molar-refractivity contribution in [2.24, 2.45) is 0 Å². The lowest BCUT2D eigenvalue weighted by Crippen LogP contribution is -2.15. The molecule has 0 radical (unpaired) electrons. The minimum absolute atomic E-state index is 0.563. The van der Waals surface area contributed by atoms with Crippen molar-refractivity contribution in [1.82, 2.24) is 9.97 Å². The Bertz CT molecular complexity index is 926. The molecule has 132 valence electrons. The molecule has 0 amide bonds. The van der Waals surface area contributed by atoms with E-state index in [4.69, 9.17) is 9.47 Å². The summed E-state index contributed by atoms with van der Waals surface area (Å²) in [5.41, 5.74) is 3.09. The normalized spacial score (nSPS) is 12.5. The fourth-order valence-corrected chi connectivity index (χ4v) is 2.75. The second kappa shape index (κ2) is 6.92. The number of ether oxygens (including phenoxy) is 2. The van der Waals surface area contributed by atoms with Gasteiger partial charge in [-0.3, -0.25) is 0 Å². The molecule has 0 spiro atoms. The van der Waals surface area contributed by atoms with Crippen molar-refractivity contribution in [2.75, 3.05) is 23.8 Å². The molecule has 2 aromatic carbocycles. The molecule has 6 heteroatoms. The summed E-state index contributed by atoms with van der Waals surface area (Å²) in [5, 5.41) is 6.62. The van der Waals surface area contributed by atoms with Crippen LogP contribution in [-0.4, -0.2) is 23.2 Å². The molecule has 4 rings (SSSR count). The number of fused-ring (bicyclic) bond motifs is 1. The Morgan fingerprint density at radius 1 is 0.731 bits per heavy atom. The molecule has 0 atom stereocenters. The Balaban J connectivity index is 1.55. The summed E-state index contributed by atoms with van der Waals surface area (Å²) in [5.74, 6) is 3.64. The molecule has 1 aliphatic rings. The molecule has 0 bridgehead atoms. The summed E-state index contributed by atoms with van der Waals surface area (Å²) in [6.07, 6.45) is 0. The standard InChI is InChI=1S/C20H20N4O2/c1-13-3-5-15(6-4-13)23-19-12-20(22-14(2)21-19)24-16-7-8-17-18(11-16)26-10-9-25-17/h3-8,11-12H,9-10H2,1-2H3,(H2,21,22,23,24). The van der Waals surface area contributed by atoms with Crippen LogP contribution in [0.5, 0.6) is 11.5 Å². The van der Waals surface area contributed by atoms with E-state index >= 15 is 0 Å². The van der Waals surface area contributed by atoms with Gasteiger partial charge >= 0.3 is 0 Å². The number of rotatable bonds is 4. The predicted octanol–water partition coefficient (Wildman–Crippen LogP) is 4.35. The van der Waals surface area contributed by atoms with Crippen LogP contribution in [0.1, 0.15) is 11.4 Å². The molecule has 6 nitrogen and oxygen atoms in total. The quantitative estimate of drug-likeness (QED) is 0.730. The molecule has 0 unspecified atom stereocenters. The van der Waals surface area contributed by atoms with E-state index in [9.17, 15) is 0 Å². The first kappa shape index (κ1) is 16.2. The first-order valence-corrected chi connectivity index (χ1v) is 8.52. The number of benzene rings is 2. The monoisotopic (exact) mass is 348 g/mol. The maximum absolute atomic E-state index is 5.63. The van der Waals surface area contributed by atoms with Gasteiger partial charge in [-0.25, -0.2) is 9.97 Å². The van der Waals surface area contributed by atoms with Gasteiger partial charge < -0.3 is 20.1 Å². The molecule has 1 aromatic heterocycles. The molecule has 2 heterocycles. The topological polar surface area (TPSA) is 68.3 Å². The molecule has 0 aliphatic carbocycles. The number of hydrogen-bond acceptors (Lipinski definition) is 6. The SMILES string of the molecule is Cc1ccc(Nc2cc(Nc3ccc4c(c3)OCCO4)nc(C)n2)cc1. The number of aryl methyl sites for hydroxylation is 2. The average molecular weight is 348 g/mol. The first-order valence-electron chi connectivity index (χ1n) is 8.52. The molecule has 1 aliphatic heterocycles. The number of hydrogen-bond donors (Lipinski definition) is 2. The highest BCUT2D eigenvalue weighted by Crippen LogP contribution is 2.33. The van der Waals surface area contributed by atoms with Crippen LogP contribution in [0, 0.1) is 13.8 Å². The van der Waals surface area contributed by atoms with Gasteiger partial charge in [0, 0.05) is 23.5 Å². The van der Waals surface area contributed by atoms with Gasteiger partial charge in [-0.1, -0.05) is 17.7 Å². The van der Waals surface area contributed by atoms with Crippen LogP contribution in [-0.2, 0) is 0 Å². The third kappa shape index (κ3) is 3.69. The highest BCUT2D eigenvalue weighted by atomic mass is 16.6. The zero-order valence-corrected chi connectivity index (χ0v) is 14.7. The summed E-state index contributed by atoms with van der Waals surface area (Å²) < 4.78 is 11.2. The van der Waals surface area contributed by atoms with Gasteiger partial charge in [0.25, 0.3) is 0 Å². The van der Waals surface area contributed by atoms with Crippen LogP contribution < -0.4 is 20.1 Å². The molecule has 26 heavy (non-hydrogen) atoms. The van der Waals surface area contributed by atoms with Gasteiger partial charge in [-0.05, 0) is 38.1 Å². The van der Waals surface area contributed by atoms with Gasteiger partial charge in [0.2, 0.25) is 0 Å². The third-order valence-electron chi connectivity index (χ3n) is 3.98. The van der Waals surface area contributed by atoms with Crippen LogP contribution in [0.25, 0.3) is 0 Å². The van der Waals surface area contributed by atoms with E-state index in [-0.39, 0.29) is 0 Å². The Labute approximate surface area is 152 Å². The van der Waals surface area contributed by atoms with E-state index in [1.54, 1.807) is 0 Å². The van der Waals surface area contributed by atoms with E-state index in [0.717, 1.165) is 28.7 Å². The first-order chi connectivity index (χ1) is 12.7. The summed E-state index contributed by atoms with van der Waals surface area (Å²) in [6, 6.07) is 15.8. The fraction of sp³-hybridized carbons (Fsp3) is 0.200. The van der Waals surface area contributed by atoms with Crippen LogP contribution >= 0.6 is 0 Å². The van der Waals surface area contributed by atoms with E-state index in [0.29, 0.717) is 24.9 Å². The smallest absolute Gasteiger partial charge is 0.163 e. The lowest BCUT2D eigenvalue weighted by molar-refractivity contribution is 0.171. The maximum Gasteiger partial charge on any atom is 0.163 e. The van der Waals surface area contributed by atoms with Crippen LogP contribution in [0.3, 0.4) is 0 Å². The van der Waals surface area contributed by atoms with E-state index in [1.165, 1.54) is 5.56 Å². The molecular formula is C20H20N4O2. The highest BCUT2D eigenvalue weighted by Gasteiger charge is 2.12. The Kier molecular flexibility index (Phi) is 4.31. The second-order valence-corrected chi connectivity index (χ2v) is 6.16. The summed E-state index contributed by atoms with van der Waals surface area (Å²) in [6.45, 7) is 5.08. The van der Waals surface area contributed by atoms with Gasteiger partial charge in [0.05, 0.1) is 0 Å². The highest BCUT2D eigenvalue weighted by molar-refractivity contribution is 5.65. The summed E-state index contributed by atoms with van der Waals surface area (Å²) in [7, 11) is 0. The molecule has 0 fully saturated rings. The Hall–Kier alpha value is -3.28. The van der Waals surface area contributed by atoms with E-state index in [2.05, 4.69) is 39.7 Å². The molecule has 0 saturated carbocycles. The van der Waals surface area contributed by atoms with Crippen molar-refractivity contribution in [1.29, 1.82) is 0 Å². The zero-order chi connectivity index (χ0) is 17.9. The summed E-state index contributed by atoms with van der Waals surface area (Å²) >= 11 is 0. The maximum atomic E-state index is 5.63. The predicted molar refractivity (Wildman–Crippen MR) is 102 cm³/mol. The lowest BCUT2D eigenvalue weighted by Gasteiger charge is -2.19. The van der Waals surface area contributed by atoms with Gasteiger partial charge in [-0.15, -0.1) is 0 Å². The number of nitrogens with zero attached hydrogens (tertiary/aromatic N) is 2. The Morgan fingerprint density at radius 2 is 1.35 bits per heavy atom.